The Morgan fingerprint density at radius 1 is 0.607 bits per heavy atom. The molecule has 0 saturated carbocycles. The third kappa shape index (κ3) is 18.1. The highest BCUT2D eigenvalue weighted by Crippen LogP contribution is 2.12. The van der Waals surface area contributed by atoms with Crippen molar-refractivity contribution in [3.63, 3.8) is 0 Å². The molecule has 8 N–H and O–H groups in total. The number of aliphatic carboxylic acids is 2. The highest BCUT2D eigenvalue weighted by Gasteiger charge is 2.34. The molecule has 0 bridgehead atoms. The van der Waals surface area contributed by atoms with Gasteiger partial charge in [-0.1, -0.05) is 98.1 Å². The van der Waals surface area contributed by atoms with E-state index in [1.54, 1.807) is 71.9 Å². The molecule has 0 radical (unpaired) electrons. The average molecular weight is 789 g/mol. The van der Waals surface area contributed by atoms with Crippen LogP contribution in [0.15, 0.2) is 30.3 Å². The first kappa shape index (κ1) is 49.0. The van der Waals surface area contributed by atoms with E-state index in [4.69, 9.17) is 0 Å². The molecule has 1 aromatic rings. The van der Waals surface area contributed by atoms with Crippen LogP contribution < -0.4 is 31.9 Å². The van der Waals surface area contributed by atoms with Gasteiger partial charge in [0, 0.05) is 19.3 Å². The number of carboxylic acids is 2. The molecule has 0 heterocycles. The zero-order valence-electron chi connectivity index (χ0n) is 34.1. The summed E-state index contributed by atoms with van der Waals surface area (Å²) in [6.07, 6.45) is 2.38. The SMILES string of the molecule is CCCCCC(=O)N[C@H](C(=O)N[C@@H](Cc1ccccc1)C(=O)N[C@@H](CCC(=O)O)C(=O)N[C@@H](CC(C)C)C(=O)N[C@@H](C)C(=O)N[C@H](C(=O)O)[C@@H](C)CC)C(C)C. The van der Waals surface area contributed by atoms with E-state index in [1.165, 1.54) is 6.92 Å². The number of benzene rings is 1. The Balaban J connectivity index is 3.32. The van der Waals surface area contributed by atoms with Gasteiger partial charge in [-0.2, -0.15) is 0 Å². The second-order valence-corrected chi connectivity index (χ2v) is 15.1. The van der Waals surface area contributed by atoms with Gasteiger partial charge < -0.3 is 42.1 Å². The summed E-state index contributed by atoms with van der Waals surface area (Å²) >= 11 is 0. The molecule has 0 aliphatic carbocycles. The number of carbonyl (C=O) groups excluding carboxylic acids is 6. The minimum atomic E-state index is -1.46. The van der Waals surface area contributed by atoms with E-state index in [1.807, 2.05) is 6.92 Å². The molecule has 7 atom stereocenters. The molecule has 1 rings (SSSR count). The summed E-state index contributed by atoms with van der Waals surface area (Å²) < 4.78 is 0. The molecule has 0 spiro atoms. The van der Waals surface area contributed by atoms with Crippen molar-refractivity contribution in [3.05, 3.63) is 35.9 Å². The van der Waals surface area contributed by atoms with Gasteiger partial charge in [-0.05, 0) is 49.5 Å². The number of amides is 6. The van der Waals surface area contributed by atoms with Crippen molar-refractivity contribution in [1.82, 2.24) is 31.9 Å². The maximum absolute atomic E-state index is 13.9. The van der Waals surface area contributed by atoms with Gasteiger partial charge in [0.15, 0.2) is 0 Å². The lowest BCUT2D eigenvalue weighted by Crippen LogP contribution is -2.60. The van der Waals surface area contributed by atoms with Gasteiger partial charge in [-0.15, -0.1) is 0 Å². The van der Waals surface area contributed by atoms with E-state index in [9.17, 15) is 48.6 Å². The normalized spacial score (nSPS) is 14.9. The third-order valence-electron chi connectivity index (χ3n) is 9.34. The monoisotopic (exact) mass is 788 g/mol. The Morgan fingerprint density at radius 2 is 1.18 bits per heavy atom. The molecule has 0 aromatic heterocycles. The van der Waals surface area contributed by atoms with Gasteiger partial charge in [-0.25, -0.2) is 4.79 Å². The minimum Gasteiger partial charge on any atom is -0.481 e. The molecule has 0 aliphatic heterocycles. The average Bonchev–Trinajstić information content (AvgIpc) is 3.13. The third-order valence-corrected chi connectivity index (χ3v) is 9.34. The molecular formula is C40H64N6O10. The Bertz CT molecular complexity index is 1470. The molecule has 16 nitrogen and oxygen atoms in total. The van der Waals surface area contributed by atoms with Crippen molar-refractivity contribution in [2.75, 3.05) is 0 Å². The molecule has 16 heteroatoms. The summed E-state index contributed by atoms with van der Waals surface area (Å²) in [5, 5.41) is 34.7. The summed E-state index contributed by atoms with van der Waals surface area (Å²) in [5.41, 5.74) is 0.676. The summed E-state index contributed by atoms with van der Waals surface area (Å²) in [7, 11) is 0. The Kier molecular flexibility index (Phi) is 22.0. The van der Waals surface area contributed by atoms with Gasteiger partial charge in [0.1, 0.15) is 36.3 Å². The van der Waals surface area contributed by atoms with Gasteiger partial charge in [0.05, 0.1) is 0 Å². The van der Waals surface area contributed by atoms with Crippen LogP contribution in [-0.2, 0) is 44.8 Å². The van der Waals surface area contributed by atoms with Crippen LogP contribution >= 0.6 is 0 Å². The van der Waals surface area contributed by atoms with Gasteiger partial charge in [0.2, 0.25) is 35.4 Å². The first-order valence-corrected chi connectivity index (χ1v) is 19.6. The largest absolute Gasteiger partial charge is 0.481 e. The number of unbranched alkanes of at least 4 members (excludes halogenated alkanes) is 2. The van der Waals surface area contributed by atoms with E-state index >= 15 is 0 Å². The molecule has 314 valence electrons. The maximum atomic E-state index is 13.9. The van der Waals surface area contributed by atoms with Crippen molar-refractivity contribution in [3.8, 4) is 0 Å². The van der Waals surface area contributed by atoms with E-state index in [0.717, 1.165) is 12.8 Å². The van der Waals surface area contributed by atoms with Crippen LogP contribution in [0.1, 0.15) is 112 Å². The molecular weight excluding hydrogens is 724 g/mol. The fourth-order valence-electron chi connectivity index (χ4n) is 5.76. The zero-order valence-corrected chi connectivity index (χ0v) is 34.1. The Hall–Kier alpha value is -5.02. The van der Waals surface area contributed by atoms with E-state index in [-0.39, 0.29) is 49.3 Å². The molecule has 0 saturated heterocycles. The van der Waals surface area contributed by atoms with Crippen molar-refractivity contribution < 1.29 is 48.6 Å². The first-order chi connectivity index (χ1) is 26.3. The van der Waals surface area contributed by atoms with Crippen molar-refractivity contribution in [2.24, 2.45) is 17.8 Å². The maximum Gasteiger partial charge on any atom is 0.326 e. The molecule has 0 aliphatic rings. The highest BCUT2D eigenvalue weighted by molar-refractivity contribution is 5.97. The van der Waals surface area contributed by atoms with Crippen LogP contribution in [0.5, 0.6) is 0 Å². The van der Waals surface area contributed by atoms with Crippen LogP contribution in [0.25, 0.3) is 0 Å². The van der Waals surface area contributed by atoms with E-state index in [0.29, 0.717) is 18.4 Å². The van der Waals surface area contributed by atoms with Crippen LogP contribution in [0.4, 0.5) is 0 Å². The number of carboxylic acid groups (broad SMARTS) is 2. The topological polar surface area (TPSA) is 249 Å². The van der Waals surface area contributed by atoms with Crippen molar-refractivity contribution in [1.29, 1.82) is 0 Å². The second kappa shape index (κ2) is 25.2. The quantitative estimate of drug-likeness (QED) is 0.0637. The van der Waals surface area contributed by atoms with Crippen LogP contribution in [-0.4, -0.2) is 93.8 Å². The lowest BCUT2D eigenvalue weighted by molar-refractivity contribution is -0.144. The minimum absolute atomic E-state index is 0.000946. The summed E-state index contributed by atoms with van der Waals surface area (Å²) in [6, 6.07) is 1.53. The van der Waals surface area contributed by atoms with Gasteiger partial charge >= 0.3 is 11.9 Å². The molecule has 0 fully saturated rings. The Morgan fingerprint density at radius 3 is 1.71 bits per heavy atom. The van der Waals surface area contributed by atoms with Crippen LogP contribution in [0.3, 0.4) is 0 Å². The fourth-order valence-corrected chi connectivity index (χ4v) is 5.76. The fraction of sp³-hybridized carbons (Fsp3) is 0.650. The first-order valence-electron chi connectivity index (χ1n) is 19.6. The predicted molar refractivity (Wildman–Crippen MR) is 210 cm³/mol. The van der Waals surface area contributed by atoms with Crippen LogP contribution in [0.2, 0.25) is 0 Å². The lowest BCUT2D eigenvalue weighted by atomic mass is 9.99. The van der Waals surface area contributed by atoms with Crippen molar-refractivity contribution >= 4 is 47.4 Å². The second-order valence-electron chi connectivity index (χ2n) is 15.1. The summed E-state index contributed by atoms with van der Waals surface area (Å²) in [5.74, 6) is -7.40. The summed E-state index contributed by atoms with van der Waals surface area (Å²) in [4.78, 5) is 104. The number of nitrogens with one attached hydrogen (secondary N) is 6. The standard InChI is InChI=1S/C40H64N6O10/c1-9-11-13-18-31(47)45-33(24(5)6)39(54)44-30(22-27-16-14-12-15-17-27)38(53)42-28(19-20-32(48)49)36(51)43-29(21-23(3)4)37(52)41-26(8)35(50)46-34(40(55)56)25(7)10-2/h12,14-17,23-26,28-30,33-34H,9-11,13,18-22H2,1-8H3,(H,41,52)(H,42,53)(H,43,51)(H,44,54)(H,45,47)(H,46,50)(H,48,49)(H,55,56)/t25-,26-,28-,29-,30-,33-,34-/m0/s1. The molecule has 0 unspecified atom stereocenters. The zero-order chi connectivity index (χ0) is 42.5. The molecule has 56 heavy (non-hydrogen) atoms. The summed E-state index contributed by atoms with van der Waals surface area (Å²) in [6.45, 7) is 13.9. The molecule has 6 amide bonds. The van der Waals surface area contributed by atoms with E-state index < -0.39 is 84.1 Å². The number of hydrogen-bond donors (Lipinski definition) is 8. The number of hydrogen-bond acceptors (Lipinski definition) is 8. The van der Waals surface area contributed by atoms with Crippen molar-refractivity contribution in [2.45, 2.75) is 149 Å². The van der Waals surface area contributed by atoms with Gasteiger partial charge in [-0.3, -0.25) is 33.6 Å². The number of rotatable bonds is 26. The van der Waals surface area contributed by atoms with Crippen LogP contribution in [0, 0.1) is 17.8 Å². The molecule has 1 aromatic carbocycles. The highest BCUT2D eigenvalue weighted by atomic mass is 16.4. The Labute approximate surface area is 330 Å². The smallest absolute Gasteiger partial charge is 0.326 e. The number of carbonyl (C=O) groups is 8. The lowest BCUT2D eigenvalue weighted by Gasteiger charge is -2.28. The predicted octanol–water partition coefficient (Wildman–Crippen LogP) is 2.44. The van der Waals surface area contributed by atoms with E-state index in [2.05, 4.69) is 31.9 Å². The van der Waals surface area contributed by atoms with Gasteiger partial charge in [0.25, 0.3) is 0 Å².